The highest BCUT2D eigenvalue weighted by Gasteiger charge is 2.23. The molecule has 0 radical (unpaired) electrons. The van der Waals surface area contributed by atoms with E-state index in [0.717, 1.165) is 3.79 Å². The third-order valence-corrected chi connectivity index (χ3v) is 6.45. The largest absolute Gasteiger partial charge is 0.273 e. The molecule has 1 heterocycles. The van der Waals surface area contributed by atoms with E-state index in [9.17, 15) is 8.42 Å². The molecular weight excluding hydrogens is 358 g/mol. The molecular formula is C11H9BrClNO2S2. The lowest BCUT2D eigenvalue weighted by molar-refractivity contribution is 0.596. The Labute approximate surface area is 123 Å². The summed E-state index contributed by atoms with van der Waals surface area (Å²) in [4.78, 5) is 0. The van der Waals surface area contributed by atoms with Crippen LogP contribution in [-0.2, 0) is 10.0 Å². The summed E-state index contributed by atoms with van der Waals surface area (Å²) in [5.74, 6) is 0. The van der Waals surface area contributed by atoms with Gasteiger partial charge in [-0.3, -0.25) is 4.31 Å². The lowest BCUT2D eigenvalue weighted by Crippen LogP contribution is -2.25. The van der Waals surface area contributed by atoms with Gasteiger partial charge in [0.1, 0.15) is 4.21 Å². The lowest BCUT2D eigenvalue weighted by atomic mass is 10.3. The zero-order chi connectivity index (χ0) is 13.3. The van der Waals surface area contributed by atoms with Crippen LogP contribution in [0.25, 0.3) is 0 Å². The van der Waals surface area contributed by atoms with Crippen LogP contribution in [0.2, 0.25) is 5.02 Å². The molecule has 0 atom stereocenters. The first kappa shape index (κ1) is 13.9. The number of rotatable bonds is 3. The number of hydrogen-bond donors (Lipinski definition) is 0. The first-order valence-electron chi connectivity index (χ1n) is 4.91. The highest BCUT2D eigenvalue weighted by Crippen LogP contribution is 2.30. The molecule has 7 heteroatoms. The van der Waals surface area contributed by atoms with E-state index < -0.39 is 10.0 Å². The van der Waals surface area contributed by atoms with Crippen molar-refractivity contribution in [1.29, 1.82) is 0 Å². The van der Waals surface area contributed by atoms with Gasteiger partial charge in [-0.15, -0.1) is 11.3 Å². The average Bonchev–Trinajstić information content (AvgIpc) is 2.75. The molecule has 3 nitrogen and oxygen atoms in total. The predicted octanol–water partition coefficient (Wildman–Crippen LogP) is 3.99. The van der Waals surface area contributed by atoms with Crippen molar-refractivity contribution >= 4 is 54.6 Å². The molecule has 0 aliphatic carbocycles. The Bertz CT molecular complexity index is 669. The van der Waals surface area contributed by atoms with Crippen LogP contribution in [0.15, 0.2) is 44.4 Å². The molecule has 96 valence electrons. The zero-order valence-corrected chi connectivity index (χ0v) is 13.3. The number of thiophene rings is 1. The molecule has 0 saturated carbocycles. The zero-order valence-electron chi connectivity index (χ0n) is 9.30. The standard InChI is InChI=1S/C11H9BrClNO2S2/c1-14(9-4-2-3-8(13)7-9)18(15,16)11-6-5-10(12)17-11/h2-7H,1H3. The first-order chi connectivity index (χ1) is 8.41. The number of benzene rings is 1. The quantitative estimate of drug-likeness (QED) is 0.823. The highest BCUT2D eigenvalue weighted by atomic mass is 79.9. The maximum Gasteiger partial charge on any atom is 0.273 e. The van der Waals surface area contributed by atoms with Crippen LogP contribution >= 0.6 is 38.9 Å². The number of hydrogen-bond acceptors (Lipinski definition) is 3. The molecule has 0 saturated heterocycles. The van der Waals surface area contributed by atoms with E-state index >= 15 is 0 Å². The molecule has 0 aliphatic rings. The van der Waals surface area contributed by atoms with Crippen LogP contribution in [0.4, 0.5) is 5.69 Å². The topological polar surface area (TPSA) is 37.4 Å². The maximum absolute atomic E-state index is 12.3. The van der Waals surface area contributed by atoms with Crippen molar-refractivity contribution in [3.8, 4) is 0 Å². The molecule has 2 rings (SSSR count). The van der Waals surface area contributed by atoms with Gasteiger partial charge in [0.05, 0.1) is 9.47 Å². The summed E-state index contributed by atoms with van der Waals surface area (Å²) in [6.07, 6.45) is 0. The first-order valence-corrected chi connectivity index (χ1v) is 8.34. The van der Waals surface area contributed by atoms with Gasteiger partial charge in [-0.1, -0.05) is 17.7 Å². The third-order valence-electron chi connectivity index (χ3n) is 2.34. The van der Waals surface area contributed by atoms with Crippen molar-refractivity contribution in [3.05, 3.63) is 45.2 Å². The minimum absolute atomic E-state index is 0.289. The Kier molecular flexibility index (Phi) is 4.01. The Balaban J connectivity index is 2.42. The number of anilines is 1. The van der Waals surface area contributed by atoms with Gasteiger partial charge in [-0.25, -0.2) is 8.42 Å². The molecule has 0 N–H and O–H groups in total. The van der Waals surface area contributed by atoms with Gasteiger partial charge in [0.15, 0.2) is 0 Å². The minimum Gasteiger partial charge on any atom is -0.269 e. The van der Waals surface area contributed by atoms with Gasteiger partial charge in [0, 0.05) is 12.1 Å². The second kappa shape index (κ2) is 5.21. The summed E-state index contributed by atoms with van der Waals surface area (Å²) >= 11 is 10.3. The van der Waals surface area contributed by atoms with Crippen molar-refractivity contribution < 1.29 is 8.42 Å². The Hall–Kier alpha value is -0.560. The summed E-state index contributed by atoms with van der Waals surface area (Å²) in [6.45, 7) is 0. The van der Waals surface area contributed by atoms with Gasteiger partial charge < -0.3 is 0 Å². The van der Waals surface area contributed by atoms with E-state index in [-0.39, 0.29) is 4.21 Å². The van der Waals surface area contributed by atoms with E-state index in [1.54, 1.807) is 36.4 Å². The fourth-order valence-electron chi connectivity index (χ4n) is 1.38. The van der Waals surface area contributed by atoms with Gasteiger partial charge in [0.2, 0.25) is 0 Å². The molecule has 18 heavy (non-hydrogen) atoms. The smallest absolute Gasteiger partial charge is 0.269 e. The van der Waals surface area contributed by atoms with Gasteiger partial charge in [-0.05, 0) is 46.3 Å². The van der Waals surface area contributed by atoms with Crippen molar-refractivity contribution in [2.45, 2.75) is 4.21 Å². The van der Waals surface area contributed by atoms with E-state index in [1.807, 2.05) is 0 Å². The van der Waals surface area contributed by atoms with E-state index in [4.69, 9.17) is 11.6 Å². The number of halogens is 2. The van der Waals surface area contributed by atoms with Crippen LogP contribution in [0, 0.1) is 0 Å². The van der Waals surface area contributed by atoms with Crippen LogP contribution in [0.1, 0.15) is 0 Å². The van der Waals surface area contributed by atoms with Crippen molar-refractivity contribution in [1.82, 2.24) is 0 Å². The molecule has 0 unspecified atom stereocenters. The second-order valence-corrected chi connectivity index (χ2v) is 8.61. The molecule has 0 amide bonds. The van der Waals surface area contributed by atoms with Crippen LogP contribution < -0.4 is 4.31 Å². The summed E-state index contributed by atoms with van der Waals surface area (Å²) in [5.41, 5.74) is 0.534. The van der Waals surface area contributed by atoms with Crippen molar-refractivity contribution in [2.75, 3.05) is 11.4 Å². The Morgan fingerprint density at radius 1 is 1.28 bits per heavy atom. The van der Waals surface area contributed by atoms with Crippen molar-refractivity contribution in [3.63, 3.8) is 0 Å². The molecule has 0 aliphatic heterocycles. The number of sulfonamides is 1. The average molecular weight is 367 g/mol. The lowest BCUT2D eigenvalue weighted by Gasteiger charge is -2.18. The normalized spacial score (nSPS) is 11.5. The summed E-state index contributed by atoms with van der Waals surface area (Å²) in [7, 11) is -2.02. The Morgan fingerprint density at radius 2 is 2.00 bits per heavy atom. The second-order valence-electron chi connectivity index (χ2n) is 3.51. The fraction of sp³-hybridized carbons (Fsp3) is 0.0909. The molecule has 0 bridgehead atoms. The van der Waals surface area contributed by atoms with E-state index in [1.165, 1.54) is 22.7 Å². The van der Waals surface area contributed by atoms with Gasteiger partial charge in [0.25, 0.3) is 10.0 Å². The summed E-state index contributed by atoms with van der Waals surface area (Å²) in [5, 5.41) is 0.502. The van der Waals surface area contributed by atoms with E-state index in [2.05, 4.69) is 15.9 Å². The monoisotopic (exact) mass is 365 g/mol. The predicted molar refractivity (Wildman–Crippen MR) is 79.1 cm³/mol. The third kappa shape index (κ3) is 2.71. The maximum atomic E-state index is 12.3. The Morgan fingerprint density at radius 3 is 2.56 bits per heavy atom. The van der Waals surface area contributed by atoms with Crippen LogP contribution in [-0.4, -0.2) is 15.5 Å². The highest BCUT2D eigenvalue weighted by molar-refractivity contribution is 9.11. The van der Waals surface area contributed by atoms with Gasteiger partial charge >= 0.3 is 0 Å². The molecule has 0 spiro atoms. The van der Waals surface area contributed by atoms with Gasteiger partial charge in [-0.2, -0.15) is 0 Å². The number of nitrogens with zero attached hydrogens (tertiary/aromatic N) is 1. The van der Waals surface area contributed by atoms with E-state index in [0.29, 0.717) is 10.7 Å². The minimum atomic E-state index is -3.52. The summed E-state index contributed by atoms with van der Waals surface area (Å²) in [6, 6.07) is 10.0. The molecule has 1 aromatic heterocycles. The molecule has 1 aromatic carbocycles. The molecule has 2 aromatic rings. The van der Waals surface area contributed by atoms with Crippen molar-refractivity contribution in [2.24, 2.45) is 0 Å². The van der Waals surface area contributed by atoms with Crippen LogP contribution in [0.3, 0.4) is 0 Å². The SMILES string of the molecule is CN(c1cccc(Cl)c1)S(=O)(=O)c1ccc(Br)s1. The summed E-state index contributed by atoms with van der Waals surface area (Å²) < 4.78 is 26.9. The molecule has 0 fully saturated rings. The fourth-order valence-corrected chi connectivity index (χ4v) is 4.93. The van der Waals surface area contributed by atoms with Crippen LogP contribution in [0.5, 0.6) is 0 Å².